The van der Waals surface area contributed by atoms with Crippen molar-refractivity contribution in [2.45, 2.75) is 26.3 Å². The van der Waals surface area contributed by atoms with Gasteiger partial charge >= 0.3 is 5.97 Å². The van der Waals surface area contributed by atoms with Crippen LogP contribution in [0.3, 0.4) is 0 Å². The summed E-state index contributed by atoms with van der Waals surface area (Å²) in [5, 5.41) is 0. The molecule has 0 spiro atoms. The van der Waals surface area contributed by atoms with Crippen molar-refractivity contribution in [1.82, 2.24) is 0 Å². The zero-order valence-electron chi connectivity index (χ0n) is 10.7. The molecule has 1 unspecified atom stereocenters. The highest BCUT2D eigenvalue weighted by Crippen LogP contribution is 2.30. The summed E-state index contributed by atoms with van der Waals surface area (Å²) >= 11 is 0. The highest BCUT2D eigenvalue weighted by atomic mass is 19.1. The lowest BCUT2D eigenvalue weighted by atomic mass is 9.84. The van der Waals surface area contributed by atoms with Crippen molar-refractivity contribution < 1.29 is 18.3 Å². The van der Waals surface area contributed by atoms with E-state index >= 15 is 0 Å². The average molecular weight is 257 g/mol. The van der Waals surface area contributed by atoms with Gasteiger partial charge in [0.25, 0.3) is 0 Å². The molecule has 1 atom stereocenters. The van der Waals surface area contributed by atoms with Crippen LogP contribution in [0.2, 0.25) is 0 Å². The molecule has 1 aromatic carbocycles. The van der Waals surface area contributed by atoms with Crippen LogP contribution in [0.1, 0.15) is 31.9 Å². The number of rotatable bonds is 4. The lowest BCUT2D eigenvalue weighted by Crippen LogP contribution is -2.30. The predicted molar refractivity (Wildman–Crippen MR) is 63.7 cm³/mol. The summed E-state index contributed by atoms with van der Waals surface area (Å²) in [7, 11) is 1.29. The summed E-state index contributed by atoms with van der Waals surface area (Å²) in [4.78, 5) is 11.5. The van der Waals surface area contributed by atoms with Crippen molar-refractivity contribution in [3.8, 4) is 0 Å². The van der Waals surface area contributed by atoms with E-state index < -0.39 is 29.1 Å². The molecule has 0 heterocycles. The minimum atomic E-state index is -0.824. The number of esters is 1. The average Bonchev–Trinajstić information content (AvgIpc) is 2.26. The van der Waals surface area contributed by atoms with Gasteiger partial charge in [-0.05, 0) is 26.3 Å². The van der Waals surface area contributed by atoms with Crippen LogP contribution in [0.25, 0.3) is 0 Å². The van der Waals surface area contributed by atoms with Gasteiger partial charge in [0.15, 0.2) is 0 Å². The Morgan fingerprint density at radius 3 is 2.56 bits per heavy atom. The SMILES string of the molecule is COC(=O)C(C)(C)CC(N)c1ccc(F)cc1F. The molecule has 0 aliphatic rings. The number of benzene rings is 1. The fraction of sp³-hybridized carbons (Fsp3) is 0.462. The van der Waals surface area contributed by atoms with Crippen molar-refractivity contribution >= 4 is 5.97 Å². The second-order valence-corrected chi connectivity index (χ2v) is 4.85. The Kier molecular flexibility index (Phi) is 4.40. The van der Waals surface area contributed by atoms with E-state index in [9.17, 15) is 13.6 Å². The Bertz CT molecular complexity index is 447. The van der Waals surface area contributed by atoms with Gasteiger partial charge in [0.1, 0.15) is 11.6 Å². The van der Waals surface area contributed by atoms with E-state index in [0.29, 0.717) is 0 Å². The van der Waals surface area contributed by atoms with Crippen LogP contribution < -0.4 is 5.73 Å². The van der Waals surface area contributed by atoms with Crippen LogP contribution in [-0.2, 0) is 9.53 Å². The van der Waals surface area contributed by atoms with Crippen molar-refractivity contribution in [2.75, 3.05) is 7.11 Å². The Morgan fingerprint density at radius 2 is 2.06 bits per heavy atom. The van der Waals surface area contributed by atoms with E-state index in [2.05, 4.69) is 4.74 Å². The topological polar surface area (TPSA) is 52.3 Å². The normalized spacial score (nSPS) is 13.2. The first-order chi connectivity index (χ1) is 8.27. The quantitative estimate of drug-likeness (QED) is 0.843. The van der Waals surface area contributed by atoms with Crippen molar-refractivity contribution in [3.63, 3.8) is 0 Å². The summed E-state index contributed by atoms with van der Waals surface area (Å²) in [5.74, 6) is -1.78. The third-order valence-electron chi connectivity index (χ3n) is 2.83. The fourth-order valence-electron chi connectivity index (χ4n) is 1.82. The molecule has 0 aliphatic heterocycles. The monoisotopic (exact) mass is 257 g/mol. The van der Waals surface area contributed by atoms with Crippen molar-refractivity contribution in [2.24, 2.45) is 11.1 Å². The standard InChI is InChI=1S/C13H17F2NO2/c1-13(2,12(17)18-3)7-11(16)9-5-4-8(14)6-10(9)15/h4-6,11H,7,16H2,1-3H3. The lowest BCUT2D eigenvalue weighted by Gasteiger charge is -2.25. The summed E-state index contributed by atoms with van der Waals surface area (Å²) in [6.45, 7) is 3.33. The van der Waals surface area contributed by atoms with E-state index in [1.807, 2.05) is 0 Å². The maximum Gasteiger partial charge on any atom is 0.311 e. The smallest absolute Gasteiger partial charge is 0.311 e. The van der Waals surface area contributed by atoms with E-state index in [1.54, 1.807) is 13.8 Å². The first-order valence-electron chi connectivity index (χ1n) is 5.57. The molecule has 5 heteroatoms. The minimum Gasteiger partial charge on any atom is -0.469 e. The zero-order chi connectivity index (χ0) is 13.9. The molecule has 18 heavy (non-hydrogen) atoms. The predicted octanol–water partition coefficient (Wildman–Crippen LogP) is 2.55. The number of halogens is 2. The van der Waals surface area contributed by atoms with Gasteiger partial charge in [0, 0.05) is 17.7 Å². The number of hydrogen-bond acceptors (Lipinski definition) is 3. The number of methoxy groups -OCH3 is 1. The Balaban J connectivity index is 2.88. The van der Waals surface area contributed by atoms with E-state index in [1.165, 1.54) is 13.2 Å². The van der Waals surface area contributed by atoms with Crippen molar-refractivity contribution in [1.29, 1.82) is 0 Å². The molecule has 3 nitrogen and oxygen atoms in total. The minimum absolute atomic E-state index is 0.188. The zero-order valence-corrected chi connectivity index (χ0v) is 10.7. The molecule has 0 fully saturated rings. The van der Waals surface area contributed by atoms with Crippen LogP contribution >= 0.6 is 0 Å². The molecule has 0 aromatic heterocycles. The Morgan fingerprint density at radius 1 is 1.44 bits per heavy atom. The third kappa shape index (κ3) is 3.26. The number of ether oxygens (including phenoxy) is 1. The number of nitrogens with two attached hydrogens (primary N) is 1. The Hall–Kier alpha value is -1.49. The van der Waals surface area contributed by atoms with Gasteiger partial charge in [-0.2, -0.15) is 0 Å². The van der Waals surface area contributed by atoms with Gasteiger partial charge < -0.3 is 10.5 Å². The first kappa shape index (κ1) is 14.6. The van der Waals surface area contributed by atoms with Crippen molar-refractivity contribution in [3.05, 3.63) is 35.4 Å². The molecule has 0 saturated carbocycles. The van der Waals surface area contributed by atoms with E-state index in [4.69, 9.17) is 5.73 Å². The van der Waals surface area contributed by atoms with Crippen LogP contribution in [0, 0.1) is 17.0 Å². The van der Waals surface area contributed by atoms with Gasteiger partial charge in [-0.25, -0.2) is 8.78 Å². The highest BCUT2D eigenvalue weighted by molar-refractivity contribution is 5.75. The van der Waals surface area contributed by atoms with Gasteiger partial charge in [0.05, 0.1) is 12.5 Å². The molecule has 0 radical (unpaired) electrons. The van der Waals surface area contributed by atoms with Crippen LogP contribution in [0.5, 0.6) is 0 Å². The van der Waals surface area contributed by atoms with E-state index in [-0.39, 0.29) is 12.0 Å². The van der Waals surface area contributed by atoms with Gasteiger partial charge in [-0.3, -0.25) is 4.79 Å². The molecule has 100 valence electrons. The maximum atomic E-state index is 13.5. The molecular formula is C13H17F2NO2. The number of carbonyl (C=O) groups is 1. The first-order valence-corrected chi connectivity index (χ1v) is 5.57. The largest absolute Gasteiger partial charge is 0.469 e. The molecular weight excluding hydrogens is 240 g/mol. The maximum absolute atomic E-state index is 13.5. The second kappa shape index (κ2) is 5.44. The molecule has 0 amide bonds. The third-order valence-corrected chi connectivity index (χ3v) is 2.83. The van der Waals surface area contributed by atoms with Crippen LogP contribution in [0.4, 0.5) is 8.78 Å². The van der Waals surface area contributed by atoms with Gasteiger partial charge in [0.2, 0.25) is 0 Å². The molecule has 0 bridgehead atoms. The molecule has 0 aliphatic carbocycles. The molecule has 2 N–H and O–H groups in total. The fourth-order valence-corrected chi connectivity index (χ4v) is 1.82. The molecule has 0 saturated heterocycles. The van der Waals surface area contributed by atoms with Gasteiger partial charge in [-0.1, -0.05) is 6.07 Å². The highest BCUT2D eigenvalue weighted by Gasteiger charge is 2.32. The molecule has 1 rings (SSSR count). The van der Waals surface area contributed by atoms with Crippen LogP contribution in [-0.4, -0.2) is 13.1 Å². The Labute approximate surface area is 105 Å². The van der Waals surface area contributed by atoms with Gasteiger partial charge in [-0.15, -0.1) is 0 Å². The number of carbonyl (C=O) groups excluding carboxylic acids is 1. The van der Waals surface area contributed by atoms with Crippen LogP contribution in [0.15, 0.2) is 18.2 Å². The van der Waals surface area contributed by atoms with E-state index in [0.717, 1.165) is 12.1 Å². The summed E-state index contributed by atoms with van der Waals surface area (Å²) in [6, 6.07) is 2.52. The molecule has 1 aromatic rings. The summed E-state index contributed by atoms with van der Waals surface area (Å²) < 4.78 is 31.0. The second-order valence-electron chi connectivity index (χ2n) is 4.85. The number of hydrogen-bond donors (Lipinski definition) is 1. The summed E-state index contributed by atoms with van der Waals surface area (Å²) in [5.41, 5.74) is 5.22. The summed E-state index contributed by atoms with van der Waals surface area (Å²) in [6.07, 6.45) is 0.211. The lowest BCUT2D eigenvalue weighted by molar-refractivity contribution is -0.151.